The van der Waals surface area contributed by atoms with Gasteiger partial charge in [-0.05, 0) is 43.4 Å². The molecule has 0 radical (unpaired) electrons. The minimum absolute atomic E-state index is 0.113. The van der Waals surface area contributed by atoms with Crippen molar-refractivity contribution in [3.63, 3.8) is 0 Å². The Morgan fingerprint density at radius 2 is 2.23 bits per heavy atom. The van der Waals surface area contributed by atoms with Crippen molar-refractivity contribution in [3.05, 3.63) is 41.4 Å². The largest absolute Gasteiger partial charge is 0.461 e. The van der Waals surface area contributed by atoms with E-state index in [2.05, 4.69) is 27.0 Å². The number of rotatable bonds is 6. The molecule has 6 nitrogen and oxygen atoms in total. The van der Waals surface area contributed by atoms with Crippen LogP contribution in [0.2, 0.25) is 0 Å². The molecule has 1 fully saturated rings. The number of carbonyl (C=O) groups is 1. The van der Waals surface area contributed by atoms with Crippen molar-refractivity contribution in [1.29, 1.82) is 0 Å². The highest BCUT2D eigenvalue weighted by Crippen LogP contribution is 2.47. The SMILES string of the molecule is CC1CC1c1ccc(/C=C/C(=O)NCCc2nnc3n2CCCCC3)o1. The van der Waals surface area contributed by atoms with Gasteiger partial charge in [0.2, 0.25) is 5.91 Å². The number of carbonyl (C=O) groups excluding carboxylic acids is 1. The Hall–Kier alpha value is -2.37. The minimum atomic E-state index is -0.113. The highest BCUT2D eigenvalue weighted by molar-refractivity contribution is 5.91. The van der Waals surface area contributed by atoms with Crippen molar-refractivity contribution in [2.24, 2.45) is 5.92 Å². The zero-order valence-electron chi connectivity index (χ0n) is 15.3. The maximum atomic E-state index is 12.0. The van der Waals surface area contributed by atoms with Crippen LogP contribution < -0.4 is 5.32 Å². The zero-order valence-corrected chi connectivity index (χ0v) is 15.3. The van der Waals surface area contributed by atoms with Crippen molar-refractivity contribution in [3.8, 4) is 0 Å². The summed E-state index contributed by atoms with van der Waals surface area (Å²) < 4.78 is 8.00. The number of aromatic nitrogens is 3. The Kier molecular flexibility index (Phi) is 4.91. The molecule has 2 aromatic rings. The van der Waals surface area contributed by atoms with Gasteiger partial charge in [0.05, 0.1) is 0 Å². The summed E-state index contributed by atoms with van der Waals surface area (Å²) in [6.45, 7) is 3.78. The summed E-state index contributed by atoms with van der Waals surface area (Å²) in [7, 11) is 0. The van der Waals surface area contributed by atoms with Crippen LogP contribution in [0.3, 0.4) is 0 Å². The van der Waals surface area contributed by atoms with Gasteiger partial charge in [-0.3, -0.25) is 4.79 Å². The first-order valence-electron chi connectivity index (χ1n) is 9.67. The molecule has 0 saturated heterocycles. The number of hydrogen-bond donors (Lipinski definition) is 1. The molecule has 0 spiro atoms. The van der Waals surface area contributed by atoms with Gasteiger partial charge >= 0.3 is 0 Å². The fourth-order valence-corrected chi connectivity index (χ4v) is 3.62. The van der Waals surface area contributed by atoms with Gasteiger partial charge in [-0.15, -0.1) is 10.2 Å². The fraction of sp³-hybridized carbons (Fsp3) is 0.550. The maximum absolute atomic E-state index is 12.0. The van der Waals surface area contributed by atoms with Crippen molar-refractivity contribution in [2.45, 2.75) is 57.9 Å². The average molecular weight is 354 g/mol. The molecule has 1 aliphatic heterocycles. The van der Waals surface area contributed by atoms with Crippen LogP contribution >= 0.6 is 0 Å². The molecule has 1 N–H and O–H groups in total. The third kappa shape index (κ3) is 3.89. The Labute approximate surface area is 153 Å². The predicted molar refractivity (Wildman–Crippen MR) is 98.6 cm³/mol. The second-order valence-electron chi connectivity index (χ2n) is 7.43. The van der Waals surface area contributed by atoms with E-state index in [1.807, 2.05) is 12.1 Å². The van der Waals surface area contributed by atoms with Gasteiger partial charge in [0, 0.05) is 37.9 Å². The first-order valence-corrected chi connectivity index (χ1v) is 9.67. The molecule has 138 valence electrons. The number of hydrogen-bond acceptors (Lipinski definition) is 4. The lowest BCUT2D eigenvalue weighted by Gasteiger charge is -2.07. The molecule has 6 heteroatoms. The standard InChI is InChI=1S/C20H26N4O2/c1-14-13-16(14)17-8-6-15(26-17)7-9-20(25)21-11-10-19-23-22-18-5-3-2-4-12-24(18)19/h6-9,14,16H,2-5,10-13H2,1H3,(H,21,25)/b9-7+. The Bertz CT molecular complexity index is 805. The van der Waals surface area contributed by atoms with Crippen LogP contribution in [0.25, 0.3) is 6.08 Å². The third-order valence-electron chi connectivity index (χ3n) is 5.36. The van der Waals surface area contributed by atoms with Gasteiger partial charge in [-0.1, -0.05) is 13.3 Å². The summed E-state index contributed by atoms with van der Waals surface area (Å²) in [6, 6.07) is 3.94. The number of fused-ring (bicyclic) bond motifs is 1. The van der Waals surface area contributed by atoms with Crippen LogP contribution in [0.1, 0.15) is 61.7 Å². The Balaban J connectivity index is 1.25. The Morgan fingerprint density at radius 1 is 1.35 bits per heavy atom. The molecule has 26 heavy (non-hydrogen) atoms. The van der Waals surface area contributed by atoms with Crippen LogP contribution in [-0.2, 0) is 24.2 Å². The van der Waals surface area contributed by atoms with Crippen molar-refractivity contribution < 1.29 is 9.21 Å². The molecule has 1 aliphatic carbocycles. The molecule has 3 heterocycles. The van der Waals surface area contributed by atoms with Crippen molar-refractivity contribution in [1.82, 2.24) is 20.1 Å². The van der Waals surface area contributed by atoms with E-state index in [1.54, 1.807) is 6.08 Å². The number of aryl methyl sites for hydroxylation is 1. The van der Waals surface area contributed by atoms with Gasteiger partial charge < -0.3 is 14.3 Å². The second-order valence-corrected chi connectivity index (χ2v) is 7.43. The second kappa shape index (κ2) is 7.48. The average Bonchev–Trinajstić information content (AvgIpc) is 3.08. The summed E-state index contributed by atoms with van der Waals surface area (Å²) in [4.78, 5) is 12.0. The molecule has 1 amide bonds. The van der Waals surface area contributed by atoms with E-state index in [-0.39, 0.29) is 5.91 Å². The lowest BCUT2D eigenvalue weighted by molar-refractivity contribution is -0.116. The molecule has 2 atom stereocenters. The van der Waals surface area contributed by atoms with Gasteiger partial charge in [-0.25, -0.2) is 0 Å². The van der Waals surface area contributed by atoms with Crippen LogP contribution in [0.4, 0.5) is 0 Å². The van der Waals surface area contributed by atoms with E-state index >= 15 is 0 Å². The van der Waals surface area contributed by atoms with E-state index < -0.39 is 0 Å². The summed E-state index contributed by atoms with van der Waals surface area (Å²) in [5, 5.41) is 11.5. The van der Waals surface area contributed by atoms with E-state index in [9.17, 15) is 4.79 Å². The molecule has 1 saturated carbocycles. The predicted octanol–water partition coefficient (Wildman–Crippen LogP) is 3.09. The van der Waals surface area contributed by atoms with Gasteiger partial charge in [0.15, 0.2) is 0 Å². The van der Waals surface area contributed by atoms with Crippen LogP contribution in [-0.4, -0.2) is 27.2 Å². The smallest absolute Gasteiger partial charge is 0.244 e. The first kappa shape index (κ1) is 17.1. The molecule has 2 aromatic heterocycles. The van der Waals surface area contributed by atoms with E-state index in [0.29, 0.717) is 24.8 Å². The molecular weight excluding hydrogens is 328 g/mol. The number of nitrogens with zero attached hydrogens (tertiary/aromatic N) is 3. The minimum Gasteiger partial charge on any atom is -0.461 e. The van der Waals surface area contributed by atoms with Gasteiger partial charge in [0.1, 0.15) is 23.2 Å². The number of amides is 1. The molecule has 0 bridgehead atoms. The van der Waals surface area contributed by atoms with Gasteiger partial charge in [0.25, 0.3) is 0 Å². The highest BCUT2D eigenvalue weighted by Gasteiger charge is 2.36. The topological polar surface area (TPSA) is 73.0 Å². The normalized spacial score (nSPS) is 22.2. The maximum Gasteiger partial charge on any atom is 0.244 e. The summed E-state index contributed by atoms with van der Waals surface area (Å²) >= 11 is 0. The fourth-order valence-electron chi connectivity index (χ4n) is 3.62. The number of nitrogens with one attached hydrogen (secondary N) is 1. The molecule has 2 unspecified atom stereocenters. The van der Waals surface area contributed by atoms with E-state index in [1.165, 1.54) is 31.8 Å². The lowest BCUT2D eigenvalue weighted by Crippen LogP contribution is -2.24. The zero-order chi connectivity index (χ0) is 17.9. The molecular formula is C20H26N4O2. The van der Waals surface area contributed by atoms with Gasteiger partial charge in [-0.2, -0.15) is 0 Å². The van der Waals surface area contributed by atoms with E-state index in [0.717, 1.165) is 36.1 Å². The van der Waals surface area contributed by atoms with Crippen molar-refractivity contribution >= 4 is 12.0 Å². The first-order chi connectivity index (χ1) is 12.7. The van der Waals surface area contributed by atoms with E-state index in [4.69, 9.17) is 4.42 Å². The summed E-state index contributed by atoms with van der Waals surface area (Å²) in [5.74, 6) is 4.99. The van der Waals surface area contributed by atoms with Crippen LogP contribution in [0.5, 0.6) is 0 Å². The molecule has 2 aliphatic rings. The summed E-state index contributed by atoms with van der Waals surface area (Å²) in [6.07, 6.45) is 9.79. The monoisotopic (exact) mass is 354 g/mol. The molecule has 0 aromatic carbocycles. The molecule has 4 rings (SSSR count). The van der Waals surface area contributed by atoms with Crippen LogP contribution in [0, 0.1) is 5.92 Å². The lowest BCUT2D eigenvalue weighted by atomic mass is 10.2. The highest BCUT2D eigenvalue weighted by atomic mass is 16.3. The third-order valence-corrected chi connectivity index (χ3v) is 5.36. The van der Waals surface area contributed by atoms with Crippen LogP contribution in [0.15, 0.2) is 22.6 Å². The quantitative estimate of drug-likeness (QED) is 0.809. The Morgan fingerprint density at radius 3 is 3.08 bits per heavy atom. The summed E-state index contributed by atoms with van der Waals surface area (Å²) in [5.41, 5.74) is 0. The number of furan rings is 1. The van der Waals surface area contributed by atoms with Crippen molar-refractivity contribution in [2.75, 3.05) is 6.54 Å².